The van der Waals surface area contributed by atoms with Crippen molar-refractivity contribution in [1.82, 2.24) is 0 Å². The standard InChI is InChI=1S/C45H86NO7P/c1-6-8-10-12-14-16-17-18-19-20-21-22-23-24-25-26-27-28-29-30-31-33-35-37-40-50-42-44(43-52-54(48,49)51-41-39-46(3,4)5)53-45(47)38-36-34-32-15-13-11-9-7-2/h17-18,20-21,23-24,44H,6-16,19,22,25-43H2,1-5H3/b18-17-,21-20-,24-23-. The Balaban J connectivity index is 4.06. The minimum atomic E-state index is -4.52. The van der Waals surface area contributed by atoms with E-state index in [1.54, 1.807) is 0 Å². The summed E-state index contributed by atoms with van der Waals surface area (Å²) in [5.41, 5.74) is 0. The molecule has 0 bridgehead atoms. The van der Waals surface area contributed by atoms with Crippen LogP contribution in [-0.4, -0.2) is 70.7 Å². The average molecular weight is 784 g/mol. The summed E-state index contributed by atoms with van der Waals surface area (Å²) in [5, 5.41) is 0. The van der Waals surface area contributed by atoms with Gasteiger partial charge in [-0.15, -0.1) is 0 Å². The first kappa shape index (κ1) is 52.7. The molecule has 0 aliphatic rings. The first-order valence-electron chi connectivity index (χ1n) is 22.2. The Morgan fingerprint density at radius 3 is 1.52 bits per heavy atom. The Bertz CT molecular complexity index is 962. The molecule has 2 unspecified atom stereocenters. The number of quaternary nitrogens is 1. The fraction of sp³-hybridized carbons (Fsp3) is 0.844. The zero-order valence-corrected chi connectivity index (χ0v) is 36.8. The van der Waals surface area contributed by atoms with E-state index in [1.807, 2.05) is 21.1 Å². The summed E-state index contributed by atoms with van der Waals surface area (Å²) in [4.78, 5) is 24.9. The number of carbonyl (C=O) groups is 1. The number of unbranched alkanes of at least 4 members (excludes halogenated alkanes) is 21. The molecular weight excluding hydrogens is 697 g/mol. The topological polar surface area (TPSA) is 94.1 Å². The van der Waals surface area contributed by atoms with Crippen molar-refractivity contribution in [2.75, 3.05) is 54.1 Å². The highest BCUT2D eigenvalue weighted by molar-refractivity contribution is 7.45. The van der Waals surface area contributed by atoms with Crippen LogP contribution in [0.2, 0.25) is 0 Å². The third kappa shape index (κ3) is 41.9. The highest BCUT2D eigenvalue weighted by Crippen LogP contribution is 2.38. The Labute approximate surface area is 334 Å². The van der Waals surface area contributed by atoms with Gasteiger partial charge in [0.25, 0.3) is 7.82 Å². The van der Waals surface area contributed by atoms with Crippen molar-refractivity contribution < 1.29 is 37.3 Å². The number of carbonyl (C=O) groups excluding carboxylic acids is 1. The number of esters is 1. The van der Waals surface area contributed by atoms with Gasteiger partial charge in [0.15, 0.2) is 0 Å². The molecule has 0 aromatic carbocycles. The molecule has 0 saturated heterocycles. The molecule has 54 heavy (non-hydrogen) atoms. The summed E-state index contributed by atoms with van der Waals surface area (Å²) in [6.07, 6.45) is 44.6. The first-order valence-corrected chi connectivity index (χ1v) is 23.7. The van der Waals surface area contributed by atoms with E-state index < -0.39 is 13.9 Å². The van der Waals surface area contributed by atoms with E-state index in [0.29, 0.717) is 24.1 Å². The Morgan fingerprint density at radius 2 is 1.02 bits per heavy atom. The molecule has 0 aliphatic heterocycles. The Kier molecular flexibility index (Phi) is 37.7. The fourth-order valence-corrected chi connectivity index (χ4v) is 6.69. The SMILES string of the molecule is CCCCCCC/C=C\C/C=C\C/C=C\CCCCCCCCCCCOCC(COP(=O)([O-])OCC[N+](C)(C)C)OC(=O)CCCCCCCCCC. The second-order valence-corrected chi connectivity index (χ2v) is 17.5. The summed E-state index contributed by atoms with van der Waals surface area (Å²) in [7, 11) is 1.35. The number of allylic oxidation sites excluding steroid dienone is 6. The van der Waals surface area contributed by atoms with Crippen LogP contribution < -0.4 is 4.89 Å². The molecule has 0 saturated carbocycles. The summed E-state index contributed by atoms with van der Waals surface area (Å²) in [6.45, 7) is 5.36. The first-order chi connectivity index (χ1) is 26.1. The molecule has 0 amide bonds. The lowest BCUT2D eigenvalue weighted by Gasteiger charge is -2.28. The van der Waals surface area contributed by atoms with E-state index in [4.69, 9.17) is 18.5 Å². The molecule has 9 heteroatoms. The predicted molar refractivity (Wildman–Crippen MR) is 227 cm³/mol. The second kappa shape index (κ2) is 38.6. The van der Waals surface area contributed by atoms with Gasteiger partial charge in [0.1, 0.15) is 19.3 Å². The van der Waals surface area contributed by atoms with Crippen LogP contribution in [0, 0.1) is 0 Å². The van der Waals surface area contributed by atoms with Gasteiger partial charge in [-0.1, -0.05) is 166 Å². The van der Waals surface area contributed by atoms with Crippen molar-refractivity contribution in [3.05, 3.63) is 36.5 Å². The van der Waals surface area contributed by atoms with Crippen LogP contribution in [0.15, 0.2) is 36.5 Å². The van der Waals surface area contributed by atoms with Gasteiger partial charge in [0, 0.05) is 13.0 Å². The van der Waals surface area contributed by atoms with Gasteiger partial charge in [0.2, 0.25) is 0 Å². The van der Waals surface area contributed by atoms with E-state index >= 15 is 0 Å². The van der Waals surface area contributed by atoms with Crippen molar-refractivity contribution in [1.29, 1.82) is 0 Å². The maximum absolute atomic E-state index is 12.6. The van der Waals surface area contributed by atoms with Crippen molar-refractivity contribution in [2.24, 2.45) is 0 Å². The van der Waals surface area contributed by atoms with E-state index in [0.717, 1.165) is 44.9 Å². The van der Waals surface area contributed by atoms with Gasteiger partial charge in [-0.25, -0.2) is 0 Å². The van der Waals surface area contributed by atoms with Crippen molar-refractivity contribution in [2.45, 2.75) is 193 Å². The van der Waals surface area contributed by atoms with Crippen molar-refractivity contribution in [3.8, 4) is 0 Å². The minimum Gasteiger partial charge on any atom is -0.756 e. The van der Waals surface area contributed by atoms with Crippen LogP contribution in [0.1, 0.15) is 187 Å². The number of phosphoric acid groups is 1. The molecule has 2 atom stereocenters. The molecule has 0 rings (SSSR count). The smallest absolute Gasteiger partial charge is 0.306 e. The van der Waals surface area contributed by atoms with Gasteiger partial charge in [-0.3, -0.25) is 9.36 Å². The van der Waals surface area contributed by atoms with Crippen LogP contribution in [0.5, 0.6) is 0 Å². The molecule has 0 aliphatic carbocycles. The van der Waals surface area contributed by atoms with Gasteiger partial charge < -0.3 is 27.9 Å². The van der Waals surface area contributed by atoms with E-state index in [2.05, 4.69) is 50.3 Å². The third-order valence-electron chi connectivity index (χ3n) is 9.44. The van der Waals surface area contributed by atoms with Crippen molar-refractivity contribution in [3.63, 3.8) is 0 Å². The number of likely N-dealkylation sites (N-methyl/N-ethyl adjacent to an activating group) is 1. The summed E-state index contributed by atoms with van der Waals surface area (Å²) in [6, 6.07) is 0. The zero-order valence-electron chi connectivity index (χ0n) is 35.9. The normalized spacial score (nSPS) is 14.1. The monoisotopic (exact) mass is 784 g/mol. The van der Waals surface area contributed by atoms with Crippen LogP contribution in [-0.2, 0) is 27.9 Å². The number of ether oxygens (including phenoxy) is 2. The van der Waals surface area contributed by atoms with Crippen LogP contribution in [0.4, 0.5) is 0 Å². The van der Waals surface area contributed by atoms with Crippen LogP contribution >= 0.6 is 7.82 Å². The maximum Gasteiger partial charge on any atom is 0.306 e. The fourth-order valence-electron chi connectivity index (χ4n) is 5.96. The zero-order chi connectivity index (χ0) is 39.9. The highest BCUT2D eigenvalue weighted by atomic mass is 31.2. The quantitative estimate of drug-likeness (QED) is 0.0200. The molecule has 0 spiro atoms. The maximum atomic E-state index is 12.6. The van der Waals surface area contributed by atoms with Crippen molar-refractivity contribution >= 4 is 13.8 Å². The van der Waals surface area contributed by atoms with Crippen LogP contribution in [0.3, 0.4) is 0 Å². The van der Waals surface area contributed by atoms with Gasteiger partial charge >= 0.3 is 5.97 Å². The summed E-state index contributed by atoms with van der Waals surface area (Å²) >= 11 is 0. The average Bonchev–Trinajstić information content (AvgIpc) is 3.12. The number of rotatable bonds is 41. The Morgan fingerprint density at radius 1 is 0.574 bits per heavy atom. The van der Waals surface area contributed by atoms with Gasteiger partial charge in [-0.05, 0) is 51.4 Å². The molecule has 0 N–H and O–H groups in total. The number of phosphoric ester groups is 1. The Hall–Kier alpha value is -1.28. The molecule has 0 heterocycles. The minimum absolute atomic E-state index is 0.0254. The number of nitrogens with zero attached hydrogens (tertiary/aromatic N) is 1. The number of hydrogen-bond acceptors (Lipinski definition) is 7. The van der Waals surface area contributed by atoms with Crippen LogP contribution in [0.25, 0.3) is 0 Å². The molecule has 0 aromatic rings. The van der Waals surface area contributed by atoms with Gasteiger partial charge in [0.05, 0.1) is 34.4 Å². The third-order valence-corrected chi connectivity index (χ3v) is 10.4. The largest absolute Gasteiger partial charge is 0.756 e. The molecule has 318 valence electrons. The lowest BCUT2D eigenvalue weighted by Crippen LogP contribution is -2.37. The van der Waals surface area contributed by atoms with E-state index in [-0.39, 0.29) is 25.8 Å². The summed E-state index contributed by atoms with van der Waals surface area (Å²) in [5.74, 6) is -0.341. The summed E-state index contributed by atoms with van der Waals surface area (Å²) < 4.78 is 34.5. The molecule has 0 aromatic heterocycles. The lowest BCUT2D eigenvalue weighted by molar-refractivity contribution is -0.870. The molecule has 0 fully saturated rings. The predicted octanol–water partition coefficient (Wildman–Crippen LogP) is 12.4. The second-order valence-electron chi connectivity index (χ2n) is 16.1. The highest BCUT2D eigenvalue weighted by Gasteiger charge is 2.20. The lowest BCUT2D eigenvalue weighted by atomic mass is 10.1. The van der Waals surface area contributed by atoms with E-state index in [9.17, 15) is 14.3 Å². The van der Waals surface area contributed by atoms with Gasteiger partial charge in [-0.2, -0.15) is 0 Å². The molecular formula is C45H86NO7P. The van der Waals surface area contributed by atoms with E-state index in [1.165, 1.54) is 122 Å². The number of hydrogen-bond donors (Lipinski definition) is 0. The molecule has 0 radical (unpaired) electrons. The molecule has 8 nitrogen and oxygen atoms in total.